The van der Waals surface area contributed by atoms with Crippen molar-refractivity contribution in [1.82, 2.24) is 9.88 Å². The zero-order valence-electron chi connectivity index (χ0n) is 17.3. The third-order valence-corrected chi connectivity index (χ3v) is 6.70. The summed E-state index contributed by atoms with van der Waals surface area (Å²) in [4.78, 5) is 21.5. The monoisotopic (exact) mass is 417 g/mol. The molecule has 1 fully saturated rings. The van der Waals surface area contributed by atoms with Crippen molar-refractivity contribution in [2.24, 2.45) is 5.92 Å². The lowest BCUT2D eigenvalue weighted by Gasteiger charge is -2.44. The third kappa shape index (κ3) is 3.27. The number of likely N-dealkylation sites (tertiary alicyclic amines) is 1. The molecule has 2 aliphatic heterocycles. The number of carbonyl (C=O) groups is 1. The molecule has 0 saturated carbocycles. The van der Waals surface area contributed by atoms with Crippen LogP contribution in [0.4, 0.5) is 10.1 Å². The minimum atomic E-state index is -0.267. The van der Waals surface area contributed by atoms with Crippen LogP contribution in [0.3, 0.4) is 0 Å². The Labute approximate surface area is 180 Å². The van der Waals surface area contributed by atoms with Crippen LogP contribution >= 0.6 is 0 Å². The van der Waals surface area contributed by atoms with Crippen LogP contribution in [0.1, 0.15) is 28.4 Å². The van der Waals surface area contributed by atoms with Crippen molar-refractivity contribution in [3.63, 3.8) is 0 Å². The highest BCUT2D eigenvalue weighted by Crippen LogP contribution is 2.49. The Balaban J connectivity index is 1.60. The molecule has 1 N–H and O–H groups in total. The lowest BCUT2D eigenvalue weighted by molar-refractivity contribution is 0.0693. The van der Waals surface area contributed by atoms with Gasteiger partial charge in [0.1, 0.15) is 5.82 Å². The van der Waals surface area contributed by atoms with Crippen molar-refractivity contribution in [1.29, 1.82) is 0 Å². The number of benzene rings is 2. The van der Waals surface area contributed by atoms with Gasteiger partial charge in [-0.1, -0.05) is 18.2 Å². The maximum Gasteiger partial charge on any atom is 0.255 e. The number of likely N-dealkylation sites (N-methyl/N-ethyl adjacent to an activating group) is 1. The van der Waals surface area contributed by atoms with Crippen LogP contribution in [0.2, 0.25) is 0 Å². The summed E-state index contributed by atoms with van der Waals surface area (Å²) in [5.74, 6) is -0.178. The van der Waals surface area contributed by atoms with Gasteiger partial charge < -0.3 is 14.9 Å². The van der Waals surface area contributed by atoms with Crippen molar-refractivity contribution in [2.75, 3.05) is 25.1 Å². The molecule has 1 saturated heterocycles. The highest BCUT2D eigenvalue weighted by molar-refractivity contribution is 5.94. The van der Waals surface area contributed by atoms with Crippen molar-refractivity contribution in [3.8, 4) is 11.1 Å². The number of halogens is 1. The van der Waals surface area contributed by atoms with E-state index in [-0.39, 0.29) is 36.3 Å². The maximum atomic E-state index is 13.4. The van der Waals surface area contributed by atoms with E-state index >= 15 is 0 Å². The minimum Gasteiger partial charge on any atom is -0.394 e. The van der Waals surface area contributed by atoms with Gasteiger partial charge in [-0.05, 0) is 59.5 Å². The molecule has 1 aromatic heterocycles. The van der Waals surface area contributed by atoms with Crippen molar-refractivity contribution in [2.45, 2.75) is 18.5 Å². The maximum absolute atomic E-state index is 13.4. The van der Waals surface area contributed by atoms with E-state index in [0.29, 0.717) is 12.1 Å². The number of carbonyl (C=O) groups excluding carboxylic acids is 1. The Morgan fingerprint density at radius 1 is 1.16 bits per heavy atom. The fraction of sp³-hybridized carbons (Fsp3) is 0.280. The van der Waals surface area contributed by atoms with Gasteiger partial charge in [0, 0.05) is 37.6 Å². The number of rotatable bonds is 3. The Morgan fingerprint density at radius 2 is 1.94 bits per heavy atom. The lowest BCUT2D eigenvalue weighted by atomic mass is 9.81. The molecule has 158 valence electrons. The first-order valence-electron chi connectivity index (χ1n) is 10.5. The van der Waals surface area contributed by atoms with E-state index in [2.05, 4.69) is 16.0 Å². The topological polar surface area (TPSA) is 56.7 Å². The molecule has 2 aliphatic rings. The largest absolute Gasteiger partial charge is 0.394 e. The van der Waals surface area contributed by atoms with E-state index in [1.807, 2.05) is 24.1 Å². The molecule has 3 atom stereocenters. The van der Waals surface area contributed by atoms with E-state index in [4.69, 9.17) is 0 Å². The molecule has 31 heavy (non-hydrogen) atoms. The van der Waals surface area contributed by atoms with Crippen molar-refractivity contribution in [3.05, 3.63) is 83.9 Å². The molecule has 3 aromatic rings. The van der Waals surface area contributed by atoms with Gasteiger partial charge in [0.25, 0.3) is 5.91 Å². The number of hydrogen-bond acceptors (Lipinski definition) is 4. The number of aliphatic hydroxyl groups is 1. The van der Waals surface area contributed by atoms with E-state index in [1.165, 1.54) is 12.1 Å². The number of aromatic nitrogens is 1. The smallest absolute Gasteiger partial charge is 0.255 e. The summed E-state index contributed by atoms with van der Waals surface area (Å²) in [6.45, 7) is 0.666. The molecule has 3 heterocycles. The highest BCUT2D eigenvalue weighted by atomic mass is 19.1. The Bertz CT molecular complexity index is 1100. The van der Waals surface area contributed by atoms with Crippen molar-refractivity contribution < 1.29 is 14.3 Å². The van der Waals surface area contributed by atoms with Gasteiger partial charge in [-0.15, -0.1) is 0 Å². The minimum absolute atomic E-state index is 0.0335. The number of amides is 1. The highest BCUT2D eigenvalue weighted by Gasteiger charge is 2.47. The molecule has 6 heteroatoms. The molecule has 5 nitrogen and oxygen atoms in total. The van der Waals surface area contributed by atoms with Gasteiger partial charge in [-0.2, -0.15) is 0 Å². The van der Waals surface area contributed by atoms with Crippen LogP contribution in [0, 0.1) is 11.7 Å². The molecule has 2 aromatic carbocycles. The van der Waals surface area contributed by atoms with Crippen LogP contribution in [0.25, 0.3) is 11.1 Å². The van der Waals surface area contributed by atoms with Gasteiger partial charge in [-0.25, -0.2) is 4.39 Å². The second-order valence-corrected chi connectivity index (χ2v) is 8.28. The number of nitrogens with zero attached hydrogens (tertiary/aromatic N) is 3. The van der Waals surface area contributed by atoms with Gasteiger partial charge >= 0.3 is 0 Å². The fourth-order valence-electron chi connectivity index (χ4n) is 5.16. The molecule has 0 bridgehead atoms. The van der Waals surface area contributed by atoms with Gasteiger partial charge in [0.15, 0.2) is 0 Å². The van der Waals surface area contributed by atoms with Gasteiger partial charge in [0.05, 0.1) is 24.3 Å². The predicted molar refractivity (Wildman–Crippen MR) is 117 cm³/mol. The molecule has 0 spiro atoms. The summed E-state index contributed by atoms with van der Waals surface area (Å²) in [5, 5.41) is 10.1. The normalized spacial score (nSPS) is 22.2. The fourth-order valence-corrected chi connectivity index (χ4v) is 5.16. The lowest BCUT2D eigenvalue weighted by Crippen LogP contribution is -2.48. The first kappa shape index (κ1) is 19.7. The van der Waals surface area contributed by atoms with Crippen LogP contribution in [-0.2, 0) is 0 Å². The van der Waals surface area contributed by atoms with Crippen LogP contribution in [-0.4, -0.2) is 47.1 Å². The van der Waals surface area contributed by atoms with E-state index < -0.39 is 0 Å². The molecule has 0 unspecified atom stereocenters. The second-order valence-electron chi connectivity index (χ2n) is 8.28. The Hall–Kier alpha value is -3.25. The zero-order chi connectivity index (χ0) is 21.5. The number of anilines is 1. The number of pyridine rings is 1. The van der Waals surface area contributed by atoms with Crippen LogP contribution < -0.4 is 4.90 Å². The second kappa shape index (κ2) is 7.78. The first-order chi connectivity index (χ1) is 15.1. The summed E-state index contributed by atoms with van der Waals surface area (Å²) in [7, 11) is 2.00. The van der Waals surface area contributed by atoms with Crippen LogP contribution in [0.5, 0.6) is 0 Å². The van der Waals surface area contributed by atoms with Crippen LogP contribution in [0.15, 0.2) is 67.0 Å². The summed E-state index contributed by atoms with van der Waals surface area (Å²) in [6.07, 6.45) is 4.08. The van der Waals surface area contributed by atoms with E-state index in [9.17, 15) is 14.3 Å². The number of hydrogen-bond donors (Lipinski definition) is 1. The van der Waals surface area contributed by atoms with E-state index in [0.717, 1.165) is 28.8 Å². The SMILES string of the molecule is CN1c2ccc(-c3ccc(F)cc3)cc2[C@H]2[C@H](CCN2C(=O)c2cccnc2)[C@@H]1CO. The zero-order valence-corrected chi connectivity index (χ0v) is 17.3. The molecule has 0 radical (unpaired) electrons. The summed E-state index contributed by atoms with van der Waals surface area (Å²) in [6, 6.07) is 16.0. The Kier molecular flexibility index (Phi) is 4.94. The average molecular weight is 417 g/mol. The number of fused-ring (bicyclic) bond motifs is 3. The molecule has 0 aliphatic carbocycles. The third-order valence-electron chi connectivity index (χ3n) is 6.70. The molecule has 5 rings (SSSR count). The van der Waals surface area contributed by atoms with E-state index in [1.54, 1.807) is 36.7 Å². The first-order valence-corrected chi connectivity index (χ1v) is 10.5. The summed E-state index contributed by atoms with van der Waals surface area (Å²) in [5.41, 5.74) is 4.55. The van der Waals surface area contributed by atoms with Gasteiger partial charge in [-0.3, -0.25) is 9.78 Å². The predicted octanol–water partition coefficient (Wildman–Crippen LogP) is 3.90. The molecule has 1 amide bonds. The molecular formula is C25H24FN3O2. The van der Waals surface area contributed by atoms with Crippen molar-refractivity contribution >= 4 is 11.6 Å². The standard InChI is InChI=1S/C25H24FN3O2/c1-28-22-9-6-17(16-4-7-19(26)8-5-16)13-21(22)24-20(23(28)15-30)10-12-29(24)25(31)18-3-2-11-27-14-18/h2-9,11,13-14,20,23-24,30H,10,12,15H2,1H3/t20-,23+,24-/m1/s1. The Morgan fingerprint density at radius 3 is 2.65 bits per heavy atom. The summed E-state index contributed by atoms with van der Waals surface area (Å²) >= 11 is 0. The average Bonchev–Trinajstić information content (AvgIpc) is 3.25. The summed E-state index contributed by atoms with van der Waals surface area (Å²) < 4.78 is 13.4. The molecular weight excluding hydrogens is 393 g/mol. The van der Waals surface area contributed by atoms with Gasteiger partial charge in [0.2, 0.25) is 0 Å². The quantitative estimate of drug-likeness (QED) is 0.702. The number of aliphatic hydroxyl groups excluding tert-OH is 1.